The van der Waals surface area contributed by atoms with Gasteiger partial charge in [0.1, 0.15) is 0 Å². The maximum Gasteiger partial charge on any atom is 0.422 e. The lowest BCUT2D eigenvalue weighted by atomic mass is 10.2. The van der Waals surface area contributed by atoms with Crippen LogP contribution >= 0.6 is 0 Å². The number of halogens is 9. The Bertz CT molecular complexity index is 956. The molecule has 188 valence electrons. The third-order valence-electron chi connectivity index (χ3n) is 3.89. The van der Waals surface area contributed by atoms with Crippen LogP contribution in [0, 0.1) is 0 Å². The predicted molar refractivity (Wildman–Crippen MR) is 98.8 cm³/mol. The highest BCUT2D eigenvalue weighted by molar-refractivity contribution is 6.01. The molecule has 0 spiro atoms. The lowest BCUT2D eigenvalue weighted by molar-refractivity contribution is -0.154. The van der Waals surface area contributed by atoms with Crippen LogP contribution < -0.4 is 19.3 Å². The van der Waals surface area contributed by atoms with Crippen LogP contribution in [0.15, 0.2) is 30.3 Å². The molecule has 0 unspecified atom stereocenters. The zero-order valence-electron chi connectivity index (χ0n) is 17.2. The van der Waals surface area contributed by atoms with Crippen LogP contribution in [0.25, 0.3) is 0 Å². The number of rotatable bonds is 6. The fraction of sp³-hybridized carbons (Fsp3) is 0.389. The number of benzene rings is 1. The Labute approximate surface area is 185 Å². The van der Waals surface area contributed by atoms with Gasteiger partial charge in [0.15, 0.2) is 13.2 Å². The highest BCUT2D eigenvalue weighted by Crippen LogP contribution is 2.31. The van der Waals surface area contributed by atoms with E-state index in [1.807, 2.05) is 0 Å². The minimum absolute atomic E-state index is 0.0112. The molecule has 7 nitrogen and oxygen atoms in total. The summed E-state index contributed by atoms with van der Waals surface area (Å²) in [6.07, 6.45) is -14.2. The van der Waals surface area contributed by atoms with Gasteiger partial charge in [0.05, 0.1) is 11.6 Å². The summed E-state index contributed by atoms with van der Waals surface area (Å²) >= 11 is 0. The minimum atomic E-state index is -4.80. The lowest BCUT2D eigenvalue weighted by Crippen LogP contribution is -2.40. The largest absolute Gasteiger partial charge is 0.468 e. The maximum absolute atomic E-state index is 12.7. The van der Waals surface area contributed by atoms with Crippen LogP contribution in [0.4, 0.5) is 55.9 Å². The van der Waals surface area contributed by atoms with E-state index in [0.29, 0.717) is 23.1 Å². The first-order valence-corrected chi connectivity index (χ1v) is 8.93. The Morgan fingerprint density at radius 1 is 0.794 bits per heavy atom. The molecular weight excluding hydrogens is 491 g/mol. The number of ether oxygens (including phenoxy) is 2. The third kappa shape index (κ3) is 7.84. The molecule has 0 saturated heterocycles. The Hall–Kier alpha value is -3.46. The Kier molecular flexibility index (Phi) is 7.72. The fourth-order valence-corrected chi connectivity index (χ4v) is 2.30. The molecule has 0 aliphatic heterocycles. The smallest absolute Gasteiger partial charge is 0.422 e. The number of nitrogens with zero attached hydrogens (tertiary/aromatic N) is 4. The molecule has 0 atom stereocenters. The molecule has 1 heterocycles. The van der Waals surface area contributed by atoms with Crippen molar-refractivity contribution in [1.29, 1.82) is 0 Å². The number of carbonyl (C=O) groups is 1. The minimum Gasteiger partial charge on any atom is -0.468 e. The number of aromatic nitrogens is 2. The summed E-state index contributed by atoms with van der Waals surface area (Å²) in [5.74, 6) is -2.37. The molecule has 0 saturated carbocycles. The molecule has 0 aliphatic carbocycles. The van der Waals surface area contributed by atoms with Crippen molar-refractivity contribution in [2.24, 2.45) is 0 Å². The summed E-state index contributed by atoms with van der Waals surface area (Å²) < 4.78 is 122. The van der Waals surface area contributed by atoms with E-state index >= 15 is 0 Å². The number of amides is 2. The van der Waals surface area contributed by atoms with E-state index in [1.54, 1.807) is 0 Å². The van der Waals surface area contributed by atoms with Gasteiger partial charge in [0, 0.05) is 19.8 Å². The number of anilines is 2. The number of hydrogen-bond donors (Lipinski definition) is 0. The fourth-order valence-electron chi connectivity index (χ4n) is 2.30. The molecule has 0 N–H and O–H groups in total. The molecule has 2 aromatic rings. The summed E-state index contributed by atoms with van der Waals surface area (Å²) in [6, 6.07) is 2.97. The summed E-state index contributed by atoms with van der Waals surface area (Å²) in [4.78, 5) is 21.3. The number of alkyl halides is 9. The van der Waals surface area contributed by atoms with E-state index in [9.17, 15) is 44.3 Å². The second-order valence-electron chi connectivity index (χ2n) is 6.60. The van der Waals surface area contributed by atoms with Crippen LogP contribution in [-0.4, -0.2) is 55.7 Å². The average Bonchev–Trinajstić information content (AvgIpc) is 2.73. The first-order valence-electron chi connectivity index (χ1n) is 8.93. The monoisotopic (exact) mass is 506 g/mol. The molecule has 34 heavy (non-hydrogen) atoms. The zero-order chi connectivity index (χ0) is 25.9. The van der Waals surface area contributed by atoms with E-state index in [0.717, 1.165) is 31.1 Å². The van der Waals surface area contributed by atoms with Gasteiger partial charge >= 0.3 is 24.6 Å². The second-order valence-corrected chi connectivity index (χ2v) is 6.60. The first kappa shape index (κ1) is 26.8. The van der Waals surface area contributed by atoms with Gasteiger partial charge in [-0.15, -0.1) is 0 Å². The molecule has 0 aliphatic rings. The summed E-state index contributed by atoms with van der Waals surface area (Å²) in [5, 5.41) is 0. The normalized spacial score (nSPS) is 12.3. The van der Waals surface area contributed by atoms with Gasteiger partial charge in [0.2, 0.25) is 17.7 Å². The van der Waals surface area contributed by atoms with Gasteiger partial charge in [-0.05, 0) is 24.3 Å². The van der Waals surface area contributed by atoms with Crippen molar-refractivity contribution in [3.63, 3.8) is 0 Å². The predicted octanol–water partition coefficient (Wildman–Crippen LogP) is 5.07. The maximum atomic E-state index is 12.7. The van der Waals surface area contributed by atoms with E-state index in [2.05, 4.69) is 19.4 Å². The highest BCUT2D eigenvalue weighted by Gasteiger charge is 2.32. The van der Waals surface area contributed by atoms with Gasteiger partial charge in [-0.1, -0.05) is 0 Å². The van der Waals surface area contributed by atoms with Crippen molar-refractivity contribution in [3.05, 3.63) is 35.9 Å². The lowest BCUT2D eigenvalue weighted by Gasteiger charge is -2.24. The second kappa shape index (κ2) is 9.80. The van der Waals surface area contributed by atoms with Crippen molar-refractivity contribution in [2.45, 2.75) is 18.5 Å². The summed E-state index contributed by atoms with van der Waals surface area (Å²) in [6.45, 7) is -3.68. The Morgan fingerprint density at radius 3 is 1.62 bits per heavy atom. The molecule has 0 bridgehead atoms. The zero-order valence-corrected chi connectivity index (χ0v) is 17.2. The summed E-state index contributed by atoms with van der Waals surface area (Å²) in [5.41, 5.74) is -0.988. The van der Waals surface area contributed by atoms with Gasteiger partial charge < -0.3 is 9.47 Å². The van der Waals surface area contributed by atoms with Crippen LogP contribution in [0.1, 0.15) is 5.56 Å². The van der Waals surface area contributed by atoms with Gasteiger partial charge in [-0.25, -0.2) is 4.79 Å². The first-order chi connectivity index (χ1) is 15.5. The van der Waals surface area contributed by atoms with E-state index in [4.69, 9.17) is 0 Å². The van der Waals surface area contributed by atoms with Crippen molar-refractivity contribution >= 4 is 17.7 Å². The van der Waals surface area contributed by atoms with Crippen molar-refractivity contribution in [2.75, 3.05) is 37.1 Å². The van der Waals surface area contributed by atoms with Crippen molar-refractivity contribution in [3.8, 4) is 11.8 Å². The highest BCUT2D eigenvalue weighted by atomic mass is 19.4. The third-order valence-corrected chi connectivity index (χ3v) is 3.89. The quantitative estimate of drug-likeness (QED) is 0.512. The van der Waals surface area contributed by atoms with E-state index < -0.39 is 61.0 Å². The molecule has 2 amide bonds. The molecule has 16 heteroatoms. The average molecular weight is 506 g/mol. The molecule has 1 aromatic carbocycles. The van der Waals surface area contributed by atoms with E-state index in [1.165, 1.54) is 0 Å². The van der Waals surface area contributed by atoms with E-state index in [-0.39, 0.29) is 5.69 Å². The standard InChI is InChI=1S/C18H15F9N4O3/c1-30(11-5-3-10(4-6-11)18(25,26)27)15(32)31(2)14-28-12(33-8-16(19,20)21)7-13(29-14)34-9-17(22,23)24/h3-7H,8-9H2,1-2H3. The van der Waals surface area contributed by atoms with Crippen LogP contribution in [0.5, 0.6) is 11.8 Å². The van der Waals surface area contributed by atoms with Crippen molar-refractivity contribution < 1.29 is 53.8 Å². The number of hydrogen-bond acceptors (Lipinski definition) is 5. The molecule has 0 radical (unpaired) electrons. The van der Waals surface area contributed by atoms with Gasteiger partial charge in [-0.3, -0.25) is 9.80 Å². The topological polar surface area (TPSA) is 67.8 Å². The van der Waals surface area contributed by atoms with Gasteiger partial charge in [-0.2, -0.15) is 49.5 Å². The Balaban J connectivity index is 2.30. The number of carbonyl (C=O) groups excluding carboxylic acids is 1. The Morgan fingerprint density at radius 2 is 1.24 bits per heavy atom. The SMILES string of the molecule is CN(C(=O)N(C)c1nc(OCC(F)(F)F)cc(OCC(F)(F)F)n1)c1ccc(C(F)(F)F)cc1. The molecule has 2 rings (SSSR count). The summed E-state index contributed by atoms with van der Waals surface area (Å²) in [7, 11) is 2.19. The molecular formula is C18H15F9N4O3. The number of urea groups is 1. The molecule has 0 fully saturated rings. The van der Waals surface area contributed by atoms with Crippen LogP contribution in [0.2, 0.25) is 0 Å². The van der Waals surface area contributed by atoms with Crippen LogP contribution in [-0.2, 0) is 6.18 Å². The van der Waals surface area contributed by atoms with Crippen LogP contribution in [0.3, 0.4) is 0 Å². The molecule has 1 aromatic heterocycles. The van der Waals surface area contributed by atoms with Crippen molar-refractivity contribution in [1.82, 2.24) is 9.97 Å². The van der Waals surface area contributed by atoms with Gasteiger partial charge in [0.25, 0.3) is 0 Å².